The molecule has 2 aromatic rings. The molecule has 0 saturated heterocycles. The summed E-state index contributed by atoms with van der Waals surface area (Å²) < 4.78 is 43.7. The second-order valence-corrected chi connectivity index (χ2v) is 7.13. The van der Waals surface area contributed by atoms with Crippen molar-refractivity contribution in [1.29, 1.82) is 0 Å². The summed E-state index contributed by atoms with van der Waals surface area (Å²) in [6, 6.07) is 10.6. The molecule has 0 spiro atoms. The van der Waals surface area contributed by atoms with Gasteiger partial charge in [0.1, 0.15) is 5.75 Å². The molecule has 0 fully saturated rings. The van der Waals surface area contributed by atoms with Gasteiger partial charge in [0.05, 0.1) is 24.7 Å². The highest BCUT2D eigenvalue weighted by Crippen LogP contribution is 2.30. The molecule has 0 radical (unpaired) electrons. The fourth-order valence-electron chi connectivity index (χ4n) is 2.46. The first-order valence-corrected chi connectivity index (χ1v) is 9.79. The van der Waals surface area contributed by atoms with E-state index < -0.39 is 10.0 Å². The van der Waals surface area contributed by atoms with Gasteiger partial charge in [-0.25, -0.2) is 13.1 Å². The molecule has 0 aliphatic heterocycles. The van der Waals surface area contributed by atoms with Gasteiger partial charge in [0, 0.05) is 31.0 Å². The molecule has 0 amide bonds. The largest absolute Gasteiger partial charge is 0.493 e. The number of sulfonamides is 1. The van der Waals surface area contributed by atoms with Crippen molar-refractivity contribution in [1.82, 2.24) is 4.72 Å². The number of hydrogen-bond donors (Lipinski definition) is 1. The van der Waals surface area contributed by atoms with Crippen LogP contribution in [0.5, 0.6) is 5.75 Å². The molecular weight excluding hydrogens is 342 g/mol. The number of benzene rings is 2. The smallest absolute Gasteiger partial charge is 0.241 e. The molecule has 0 heterocycles. The molecule has 7 heteroatoms. The Morgan fingerprint density at radius 1 is 1.00 bits per heavy atom. The van der Waals surface area contributed by atoms with E-state index >= 15 is 0 Å². The van der Waals surface area contributed by atoms with Crippen LogP contribution in [0.15, 0.2) is 41.3 Å². The van der Waals surface area contributed by atoms with Crippen molar-refractivity contribution in [3.8, 4) is 5.75 Å². The Kier molecular flexibility index (Phi) is 7.64. The third-order valence-corrected chi connectivity index (χ3v) is 5.14. The van der Waals surface area contributed by atoms with E-state index in [-0.39, 0.29) is 4.90 Å². The maximum Gasteiger partial charge on any atom is 0.241 e. The van der Waals surface area contributed by atoms with Crippen LogP contribution in [-0.4, -0.2) is 48.5 Å². The van der Waals surface area contributed by atoms with E-state index in [2.05, 4.69) is 4.72 Å². The third kappa shape index (κ3) is 5.40. The Morgan fingerprint density at radius 2 is 1.76 bits per heavy atom. The van der Waals surface area contributed by atoms with Gasteiger partial charge < -0.3 is 14.2 Å². The minimum atomic E-state index is -3.60. The van der Waals surface area contributed by atoms with Crippen molar-refractivity contribution in [3.63, 3.8) is 0 Å². The molecular formula is C18H25NO5S. The van der Waals surface area contributed by atoms with E-state index in [9.17, 15) is 8.42 Å². The summed E-state index contributed by atoms with van der Waals surface area (Å²) in [5, 5.41) is 1.44. The van der Waals surface area contributed by atoms with Gasteiger partial charge in [-0.05, 0) is 25.5 Å². The summed E-state index contributed by atoms with van der Waals surface area (Å²) in [6.45, 7) is 4.26. The Balaban J connectivity index is 2.08. The van der Waals surface area contributed by atoms with Gasteiger partial charge in [-0.1, -0.05) is 24.3 Å². The Morgan fingerprint density at radius 3 is 2.48 bits per heavy atom. The van der Waals surface area contributed by atoms with E-state index in [4.69, 9.17) is 14.2 Å². The van der Waals surface area contributed by atoms with E-state index in [1.165, 1.54) is 0 Å². The van der Waals surface area contributed by atoms with Crippen LogP contribution in [0.2, 0.25) is 0 Å². The van der Waals surface area contributed by atoms with Crippen molar-refractivity contribution >= 4 is 20.8 Å². The number of nitrogens with one attached hydrogen (secondary N) is 1. The molecule has 0 saturated carbocycles. The maximum atomic E-state index is 12.6. The Labute approximate surface area is 149 Å². The zero-order valence-corrected chi connectivity index (χ0v) is 15.5. The predicted octanol–water partition coefficient (Wildman–Crippen LogP) is 2.57. The fourth-order valence-corrected chi connectivity index (χ4v) is 3.75. The third-order valence-electron chi connectivity index (χ3n) is 3.62. The van der Waals surface area contributed by atoms with Gasteiger partial charge in [-0.15, -0.1) is 0 Å². The number of fused-ring (bicyclic) bond motifs is 1. The van der Waals surface area contributed by atoms with Crippen LogP contribution in [0, 0.1) is 0 Å². The Hall–Kier alpha value is -1.67. The summed E-state index contributed by atoms with van der Waals surface area (Å²) in [4.78, 5) is 0.256. The van der Waals surface area contributed by atoms with Crippen LogP contribution in [0.1, 0.15) is 13.3 Å². The van der Waals surface area contributed by atoms with E-state index in [1.54, 1.807) is 25.3 Å². The molecule has 0 unspecified atom stereocenters. The summed E-state index contributed by atoms with van der Waals surface area (Å²) >= 11 is 0. The molecule has 2 rings (SSSR count). The first-order valence-electron chi connectivity index (χ1n) is 8.31. The van der Waals surface area contributed by atoms with Crippen LogP contribution in [0.25, 0.3) is 10.8 Å². The van der Waals surface area contributed by atoms with Crippen LogP contribution in [0.3, 0.4) is 0 Å². The van der Waals surface area contributed by atoms with Crippen molar-refractivity contribution < 1.29 is 22.6 Å². The van der Waals surface area contributed by atoms with Crippen LogP contribution < -0.4 is 9.46 Å². The van der Waals surface area contributed by atoms with Gasteiger partial charge in [0.2, 0.25) is 10.0 Å². The lowest BCUT2D eigenvalue weighted by Gasteiger charge is -2.13. The van der Waals surface area contributed by atoms with Gasteiger partial charge in [-0.2, -0.15) is 0 Å². The molecule has 0 bridgehead atoms. The highest BCUT2D eigenvalue weighted by atomic mass is 32.2. The quantitative estimate of drug-likeness (QED) is 0.618. The number of ether oxygens (including phenoxy) is 3. The van der Waals surface area contributed by atoms with E-state index in [0.717, 1.165) is 5.39 Å². The minimum absolute atomic E-state index is 0.256. The molecule has 0 atom stereocenters. The average molecular weight is 367 g/mol. The van der Waals surface area contributed by atoms with Crippen LogP contribution in [-0.2, 0) is 19.5 Å². The van der Waals surface area contributed by atoms with Crippen LogP contribution in [0.4, 0.5) is 0 Å². The summed E-state index contributed by atoms with van der Waals surface area (Å²) in [7, 11) is -1.99. The van der Waals surface area contributed by atoms with E-state index in [1.807, 2.05) is 25.1 Å². The van der Waals surface area contributed by atoms with Crippen molar-refractivity contribution in [2.24, 2.45) is 0 Å². The number of rotatable bonds is 11. The summed E-state index contributed by atoms with van der Waals surface area (Å²) in [5.74, 6) is 0.684. The fraction of sp³-hybridized carbons (Fsp3) is 0.444. The number of methoxy groups -OCH3 is 1. The molecule has 0 aliphatic rings. The van der Waals surface area contributed by atoms with Crippen LogP contribution >= 0.6 is 0 Å². The second kappa shape index (κ2) is 9.72. The van der Waals surface area contributed by atoms with Crippen molar-refractivity contribution in [3.05, 3.63) is 36.4 Å². The number of hydrogen-bond acceptors (Lipinski definition) is 5. The standard InChI is InChI=1S/C18H25NO5S/c1-3-24-17-9-10-18(16-8-5-4-7-15(16)17)25(20,21)19-11-6-12-23-14-13-22-2/h4-5,7-10,19H,3,6,11-14H2,1-2H3. The first-order chi connectivity index (χ1) is 12.1. The minimum Gasteiger partial charge on any atom is -0.493 e. The van der Waals surface area contributed by atoms with Crippen molar-refractivity contribution in [2.75, 3.05) is 40.1 Å². The maximum absolute atomic E-state index is 12.6. The SMILES string of the molecule is CCOc1ccc(S(=O)(=O)NCCCOCCOC)c2ccccc12. The molecule has 6 nitrogen and oxygen atoms in total. The molecule has 25 heavy (non-hydrogen) atoms. The first kappa shape index (κ1) is 19.7. The zero-order valence-electron chi connectivity index (χ0n) is 14.7. The summed E-state index contributed by atoms with van der Waals surface area (Å²) in [5.41, 5.74) is 0. The van der Waals surface area contributed by atoms with Gasteiger partial charge >= 0.3 is 0 Å². The van der Waals surface area contributed by atoms with Crippen molar-refractivity contribution in [2.45, 2.75) is 18.2 Å². The lowest BCUT2D eigenvalue weighted by molar-refractivity contribution is 0.0699. The predicted molar refractivity (Wildman–Crippen MR) is 97.6 cm³/mol. The Bertz CT molecular complexity index is 776. The molecule has 138 valence electrons. The van der Waals surface area contributed by atoms with Gasteiger partial charge in [0.15, 0.2) is 0 Å². The average Bonchev–Trinajstić information content (AvgIpc) is 2.61. The zero-order chi connectivity index (χ0) is 18.1. The molecule has 1 N–H and O–H groups in total. The topological polar surface area (TPSA) is 73.9 Å². The molecule has 2 aromatic carbocycles. The monoisotopic (exact) mass is 367 g/mol. The highest BCUT2D eigenvalue weighted by Gasteiger charge is 2.18. The molecule has 0 aromatic heterocycles. The van der Waals surface area contributed by atoms with E-state index in [0.29, 0.717) is 50.5 Å². The van der Waals surface area contributed by atoms with Gasteiger partial charge in [0.25, 0.3) is 0 Å². The highest BCUT2D eigenvalue weighted by molar-refractivity contribution is 7.89. The normalized spacial score (nSPS) is 11.8. The lowest BCUT2D eigenvalue weighted by Crippen LogP contribution is -2.26. The lowest BCUT2D eigenvalue weighted by atomic mass is 10.1. The second-order valence-electron chi connectivity index (χ2n) is 5.40. The summed E-state index contributed by atoms with van der Waals surface area (Å²) in [6.07, 6.45) is 0.595. The van der Waals surface area contributed by atoms with Gasteiger partial charge in [-0.3, -0.25) is 0 Å². The molecule has 0 aliphatic carbocycles.